The van der Waals surface area contributed by atoms with Gasteiger partial charge < -0.3 is 14.2 Å². The Kier molecular flexibility index (Phi) is 17.5. The minimum atomic E-state index is -1.31. The van der Waals surface area contributed by atoms with Crippen LogP contribution in [0, 0.1) is 29.3 Å². The highest BCUT2D eigenvalue weighted by molar-refractivity contribution is 5.91. The Hall–Kier alpha value is -3.92. The van der Waals surface area contributed by atoms with Gasteiger partial charge >= 0.3 is 5.97 Å². The lowest BCUT2D eigenvalue weighted by Gasteiger charge is -2.15. The van der Waals surface area contributed by atoms with Gasteiger partial charge in [0.2, 0.25) is 5.82 Å². The highest BCUT2D eigenvalue weighted by atomic mass is 19.2. The molecule has 0 aliphatic rings. The van der Waals surface area contributed by atoms with E-state index in [4.69, 9.17) is 14.2 Å². The van der Waals surface area contributed by atoms with Gasteiger partial charge in [0, 0.05) is 11.1 Å². The number of hydrogen-bond donors (Lipinski definition) is 0. The van der Waals surface area contributed by atoms with Crippen molar-refractivity contribution in [3.8, 4) is 29.1 Å². The molecule has 0 amide bonds. The van der Waals surface area contributed by atoms with Gasteiger partial charge in [-0.2, -0.15) is 4.39 Å². The second kappa shape index (κ2) is 21.9. The summed E-state index contributed by atoms with van der Waals surface area (Å²) in [5, 5.41) is 0. The molecule has 0 N–H and O–H groups in total. The SMILES string of the molecule is CCCCCCCCCCCCOc1ccc(C(=O)Oc2ccc(C#Cc3ccc(O[C@@H](C)CCCCCC)c(F)c3)cc2)c(F)c1F. The summed E-state index contributed by atoms with van der Waals surface area (Å²) < 4.78 is 60.5. The van der Waals surface area contributed by atoms with E-state index in [0.29, 0.717) is 11.1 Å². The van der Waals surface area contributed by atoms with Crippen LogP contribution in [0.4, 0.5) is 13.2 Å². The summed E-state index contributed by atoms with van der Waals surface area (Å²) >= 11 is 0. The molecule has 0 aromatic heterocycles. The van der Waals surface area contributed by atoms with E-state index in [2.05, 4.69) is 25.7 Å². The first-order chi connectivity index (χ1) is 23.3. The zero-order valence-electron chi connectivity index (χ0n) is 28.9. The van der Waals surface area contributed by atoms with E-state index in [-0.39, 0.29) is 30.0 Å². The van der Waals surface area contributed by atoms with Gasteiger partial charge in [-0.25, -0.2) is 13.6 Å². The number of unbranched alkanes of at least 4 members (excludes halogenated alkanes) is 12. The molecular formula is C41H51F3O4. The summed E-state index contributed by atoms with van der Waals surface area (Å²) in [4.78, 5) is 12.6. The second-order valence-corrected chi connectivity index (χ2v) is 12.4. The Morgan fingerprint density at radius 2 is 1.23 bits per heavy atom. The molecule has 0 unspecified atom stereocenters. The molecule has 0 bridgehead atoms. The summed E-state index contributed by atoms with van der Waals surface area (Å²) in [5.41, 5.74) is 0.555. The van der Waals surface area contributed by atoms with Crippen LogP contribution in [0.5, 0.6) is 17.2 Å². The first-order valence-electron chi connectivity index (χ1n) is 17.7. The van der Waals surface area contributed by atoms with Gasteiger partial charge in [0.25, 0.3) is 0 Å². The quantitative estimate of drug-likeness (QED) is 0.0492. The minimum absolute atomic E-state index is 0.0751. The van der Waals surface area contributed by atoms with E-state index in [0.717, 1.165) is 44.6 Å². The van der Waals surface area contributed by atoms with Crippen molar-refractivity contribution in [1.29, 1.82) is 0 Å². The molecule has 0 spiro atoms. The third-order valence-corrected chi connectivity index (χ3v) is 8.16. The minimum Gasteiger partial charge on any atom is -0.490 e. The van der Waals surface area contributed by atoms with Gasteiger partial charge in [0.1, 0.15) is 5.75 Å². The van der Waals surface area contributed by atoms with E-state index in [9.17, 15) is 18.0 Å². The number of rotatable bonds is 21. The topological polar surface area (TPSA) is 44.8 Å². The average molecular weight is 665 g/mol. The Balaban J connectivity index is 1.44. The predicted molar refractivity (Wildman–Crippen MR) is 186 cm³/mol. The van der Waals surface area contributed by atoms with Crippen molar-refractivity contribution in [1.82, 2.24) is 0 Å². The highest BCUT2D eigenvalue weighted by Gasteiger charge is 2.21. The van der Waals surface area contributed by atoms with Crippen molar-refractivity contribution in [2.24, 2.45) is 0 Å². The van der Waals surface area contributed by atoms with Crippen molar-refractivity contribution in [2.75, 3.05) is 6.61 Å². The molecule has 0 aliphatic carbocycles. The van der Waals surface area contributed by atoms with E-state index in [1.54, 1.807) is 24.3 Å². The molecule has 48 heavy (non-hydrogen) atoms. The third kappa shape index (κ3) is 13.7. The number of halogens is 3. The van der Waals surface area contributed by atoms with Crippen molar-refractivity contribution in [3.05, 3.63) is 88.7 Å². The molecule has 3 aromatic rings. The number of carbonyl (C=O) groups is 1. The normalized spacial score (nSPS) is 11.5. The zero-order valence-corrected chi connectivity index (χ0v) is 28.9. The van der Waals surface area contributed by atoms with Crippen LogP contribution in [-0.4, -0.2) is 18.7 Å². The van der Waals surface area contributed by atoms with E-state index >= 15 is 0 Å². The fraction of sp³-hybridized carbons (Fsp3) is 0.488. The summed E-state index contributed by atoms with van der Waals surface area (Å²) in [6.07, 6.45) is 17.0. The lowest BCUT2D eigenvalue weighted by molar-refractivity contribution is 0.0728. The molecule has 1 atom stereocenters. The average Bonchev–Trinajstić information content (AvgIpc) is 3.08. The summed E-state index contributed by atoms with van der Waals surface area (Å²) in [6.45, 7) is 6.60. The third-order valence-electron chi connectivity index (χ3n) is 8.16. The van der Waals surface area contributed by atoms with E-state index in [1.807, 2.05) is 6.92 Å². The number of hydrogen-bond acceptors (Lipinski definition) is 4. The first kappa shape index (κ1) is 38.5. The molecule has 260 valence electrons. The molecule has 3 aromatic carbocycles. The largest absolute Gasteiger partial charge is 0.490 e. The van der Waals surface area contributed by atoms with Gasteiger partial charge in [0.05, 0.1) is 18.3 Å². The molecule has 0 saturated carbocycles. The molecule has 0 saturated heterocycles. The second-order valence-electron chi connectivity index (χ2n) is 12.4. The van der Waals surface area contributed by atoms with Crippen LogP contribution in [0.3, 0.4) is 0 Å². The van der Waals surface area contributed by atoms with Crippen molar-refractivity contribution < 1.29 is 32.2 Å². The monoisotopic (exact) mass is 664 g/mol. The van der Waals surface area contributed by atoms with Crippen molar-refractivity contribution >= 4 is 5.97 Å². The molecule has 4 nitrogen and oxygen atoms in total. The maximum absolute atomic E-state index is 14.7. The standard InChI is InChI=1S/C41H51F3O4/c1-4-6-8-10-11-12-13-14-15-17-29-46-38-28-26-35(39(43)40(38)44)41(45)48-34-24-21-32(22-25-34)19-20-33-23-27-37(36(42)30-33)47-31(3)18-16-9-7-5-2/h21-28,30-31H,4-18,29H2,1-3H3/t31-/m0/s1. The molecule has 0 aliphatic heterocycles. The van der Waals surface area contributed by atoms with Crippen molar-refractivity contribution in [2.45, 2.75) is 123 Å². The van der Waals surface area contributed by atoms with Crippen LogP contribution in [0.1, 0.15) is 139 Å². The maximum atomic E-state index is 14.7. The Morgan fingerprint density at radius 3 is 1.88 bits per heavy atom. The number of esters is 1. The number of benzene rings is 3. The molecular weight excluding hydrogens is 613 g/mol. The van der Waals surface area contributed by atoms with Crippen LogP contribution in [0.15, 0.2) is 54.6 Å². The lowest BCUT2D eigenvalue weighted by atomic mass is 10.1. The van der Waals surface area contributed by atoms with Crippen LogP contribution >= 0.6 is 0 Å². The van der Waals surface area contributed by atoms with E-state index < -0.39 is 29.0 Å². The van der Waals surface area contributed by atoms with Gasteiger partial charge in [-0.15, -0.1) is 0 Å². The Bertz CT molecular complexity index is 1460. The van der Waals surface area contributed by atoms with Gasteiger partial charge in [0.15, 0.2) is 23.1 Å². The van der Waals surface area contributed by atoms with Crippen molar-refractivity contribution in [3.63, 3.8) is 0 Å². The Labute approximate surface area is 285 Å². The van der Waals surface area contributed by atoms with Gasteiger partial charge in [-0.1, -0.05) is 103 Å². The van der Waals surface area contributed by atoms with Crippen LogP contribution in [-0.2, 0) is 0 Å². The molecule has 7 heteroatoms. The zero-order chi connectivity index (χ0) is 34.6. The molecule has 3 rings (SSSR count). The fourth-order valence-electron chi connectivity index (χ4n) is 5.29. The Morgan fingerprint density at radius 1 is 0.667 bits per heavy atom. The number of carbonyl (C=O) groups excluding carboxylic acids is 1. The summed E-state index contributed by atoms with van der Waals surface area (Å²) in [5.74, 6) is 1.96. The molecule has 0 fully saturated rings. The molecule has 0 radical (unpaired) electrons. The van der Waals surface area contributed by atoms with Crippen LogP contribution in [0.25, 0.3) is 0 Å². The van der Waals surface area contributed by atoms with Gasteiger partial charge in [-0.3, -0.25) is 0 Å². The fourth-order valence-corrected chi connectivity index (χ4v) is 5.29. The predicted octanol–water partition coefficient (Wildman–Crippen LogP) is 11.8. The van der Waals surface area contributed by atoms with Crippen LogP contribution < -0.4 is 14.2 Å². The van der Waals surface area contributed by atoms with E-state index in [1.165, 1.54) is 82.1 Å². The summed E-state index contributed by atoms with van der Waals surface area (Å²) in [7, 11) is 0. The smallest absolute Gasteiger partial charge is 0.346 e. The molecule has 0 heterocycles. The number of ether oxygens (including phenoxy) is 3. The summed E-state index contributed by atoms with van der Waals surface area (Å²) in [6, 6.07) is 13.3. The maximum Gasteiger partial charge on any atom is 0.346 e. The highest BCUT2D eigenvalue weighted by Crippen LogP contribution is 2.25. The van der Waals surface area contributed by atoms with Crippen LogP contribution in [0.2, 0.25) is 0 Å². The van der Waals surface area contributed by atoms with Gasteiger partial charge in [-0.05, 0) is 80.8 Å². The first-order valence-corrected chi connectivity index (χ1v) is 17.7. The lowest BCUT2D eigenvalue weighted by Crippen LogP contribution is -2.12.